The minimum absolute atomic E-state index is 0.259. The molecule has 0 bridgehead atoms. The number of aryl methyl sites for hydroxylation is 1. The van der Waals surface area contributed by atoms with Crippen molar-refractivity contribution in [3.8, 4) is 5.75 Å². The van der Waals surface area contributed by atoms with E-state index in [1.54, 1.807) is 0 Å². The molecule has 0 aromatic heterocycles. The van der Waals surface area contributed by atoms with Crippen LogP contribution in [0.2, 0.25) is 5.02 Å². The Morgan fingerprint density at radius 3 is 2.90 bits per heavy atom. The summed E-state index contributed by atoms with van der Waals surface area (Å²) in [6.45, 7) is 5.07. The SMILES string of the molecule is CCC(Nc1c(C)cccc1Cl)c1ccc2c(c1)CCO2. The van der Waals surface area contributed by atoms with Gasteiger partial charge in [-0.05, 0) is 48.2 Å². The summed E-state index contributed by atoms with van der Waals surface area (Å²) in [6, 6.07) is 12.7. The first-order valence-electron chi connectivity index (χ1n) is 7.46. The maximum Gasteiger partial charge on any atom is 0.122 e. The molecular formula is C18H20ClNO. The van der Waals surface area contributed by atoms with Gasteiger partial charge in [0.15, 0.2) is 0 Å². The zero-order valence-corrected chi connectivity index (χ0v) is 13.2. The van der Waals surface area contributed by atoms with Crippen LogP contribution in [0, 0.1) is 6.92 Å². The van der Waals surface area contributed by atoms with Crippen molar-refractivity contribution in [3.63, 3.8) is 0 Å². The van der Waals surface area contributed by atoms with E-state index in [0.717, 1.165) is 35.9 Å². The predicted molar refractivity (Wildman–Crippen MR) is 88.5 cm³/mol. The van der Waals surface area contributed by atoms with Gasteiger partial charge in [0.1, 0.15) is 5.75 Å². The molecule has 0 saturated carbocycles. The Morgan fingerprint density at radius 2 is 2.14 bits per heavy atom. The van der Waals surface area contributed by atoms with E-state index in [2.05, 4.69) is 43.4 Å². The second kappa shape index (κ2) is 5.98. The number of para-hydroxylation sites is 1. The minimum Gasteiger partial charge on any atom is -0.493 e. The van der Waals surface area contributed by atoms with E-state index < -0.39 is 0 Å². The Hall–Kier alpha value is -1.67. The van der Waals surface area contributed by atoms with Crippen molar-refractivity contribution in [1.29, 1.82) is 0 Å². The molecule has 3 rings (SSSR count). The van der Waals surface area contributed by atoms with Gasteiger partial charge in [0.05, 0.1) is 23.4 Å². The van der Waals surface area contributed by atoms with E-state index in [0.29, 0.717) is 0 Å². The average molecular weight is 302 g/mol. The number of anilines is 1. The first-order valence-corrected chi connectivity index (χ1v) is 7.84. The molecule has 3 heteroatoms. The molecule has 2 aromatic carbocycles. The fraction of sp³-hybridized carbons (Fsp3) is 0.333. The molecule has 1 aliphatic rings. The second-order valence-electron chi connectivity index (χ2n) is 5.50. The summed E-state index contributed by atoms with van der Waals surface area (Å²) in [5.41, 5.74) is 4.80. The number of benzene rings is 2. The van der Waals surface area contributed by atoms with Gasteiger partial charge in [-0.2, -0.15) is 0 Å². The van der Waals surface area contributed by atoms with Gasteiger partial charge in [-0.25, -0.2) is 0 Å². The van der Waals surface area contributed by atoms with Gasteiger partial charge in [-0.3, -0.25) is 0 Å². The molecule has 0 radical (unpaired) electrons. The lowest BCUT2D eigenvalue weighted by Gasteiger charge is -2.21. The van der Waals surface area contributed by atoms with Crippen LogP contribution in [-0.4, -0.2) is 6.61 Å². The van der Waals surface area contributed by atoms with Gasteiger partial charge < -0.3 is 10.1 Å². The monoisotopic (exact) mass is 301 g/mol. The number of rotatable bonds is 4. The third-order valence-electron chi connectivity index (χ3n) is 4.06. The van der Waals surface area contributed by atoms with Crippen LogP contribution in [0.1, 0.15) is 36.1 Å². The van der Waals surface area contributed by atoms with Gasteiger partial charge in [0.2, 0.25) is 0 Å². The lowest BCUT2D eigenvalue weighted by molar-refractivity contribution is 0.357. The number of fused-ring (bicyclic) bond motifs is 1. The highest BCUT2D eigenvalue weighted by Gasteiger charge is 2.17. The molecular weight excluding hydrogens is 282 g/mol. The lowest BCUT2D eigenvalue weighted by atomic mass is 10.00. The predicted octanol–water partition coefficient (Wildman–Crippen LogP) is 5.15. The third kappa shape index (κ3) is 2.86. The van der Waals surface area contributed by atoms with E-state index >= 15 is 0 Å². The Balaban J connectivity index is 1.89. The van der Waals surface area contributed by atoms with Crippen LogP contribution in [0.15, 0.2) is 36.4 Å². The quantitative estimate of drug-likeness (QED) is 0.843. The van der Waals surface area contributed by atoms with E-state index in [1.807, 2.05) is 12.1 Å². The maximum atomic E-state index is 6.33. The van der Waals surface area contributed by atoms with Gasteiger partial charge in [0, 0.05) is 6.42 Å². The molecule has 1 heterocycles. The number of hydrogen-bond acceptors (Lipinski definition) is 2. The van der Waals surface area contributed by atoms with Crippen molar-refractivity contribution in [1.82, 2.24) is 0 Å². The van der Waals surface area contributed by atoms with Gasteiger partial charge in [0.25, 0.3) is 0 Å². The van der Waals surface area contributed by atoms with Gasteiger partial charge >= 0.3 is 0 Å². The Labute approximate surface area is 131 Å². The Morgan fingerprint density at radius 1 is 1.29 bits per heavy atom. The van der Waals surface area contributed by atoms with Crippen molar-refractivity contribution in [3.05, 3.63) is 58.1 Å². The average Bonchev–Trinajstić information content (AvgIpc) is 2.94. The molecule has 0 saturated heterocycles. The summed E-state index contributed by atoms with van der Waals surface area (Å²) in [6.07, 6.45) is 2.01. The van der Waals surface area contributed by atoms with E-state index in [-0.39, 0.29) is 6.04 Å². The highest BCUT2D eigenvalue weighted by atomic mass is 35.5. The highest BCUT2D eigenvalue weighted by Crippen LogP contribution is 2.33. The highest BCUT2D eigenvalue weighted by molar-refractivity contribution is 6.33. The third-order valence-corrected chi connectivity index (χ3v) is 4.38. The molecule has 1 atom stereocenters. The molecule has 0 fully saturated rings. The molecule has 2 nitrogen and oxygen atoms in total. The molecule has 0 aliphatic carbocycles. The summed E-state index contributed by atoms with van der Waals surface area (Å²) in [4.78, 5) is 0. The maximum absolute atomic E-state index is 6.33. The molecule has 1 unspecified atom stereocenters. The molecule has 2 aromatic rings. The van der Waals surface area contributed by atoms with Crippen LogP contribution in [0.5, 0.6) is 5.75 Å². The summed E-state index contributed by atoms with van der Waals surface area (Å²) >= 11 is 6.33. The van der Waals surface area contributed by atoms with E-state index in [1.165, 1.54) is 16.7 Å². The Kier molecular flexibility index (Phi) is 4.07. The number of halogens is 1. The number of ether oxygens (including phenoxy) is 1. The molecule has 1 N–H and O–H groups in total. The topological polar surface area (TPSA) is 21.3 Å². The lowest BCUT2D eigenvalue weighted by Crippen LogP contribution is -2.11. The molecule has 1 aliphatic heterocycles. The van der Waals surface area contributed by atoms with Crippen LogP contribution in [0.25, 0.3) is 0 Å². The second-order valence-corrected chi connectivity index (χ2v) is 5.91. The number of nitrogens with one attached hydrogen (secondary N) is 1. The summed E-state index contributed by atoms with van der Waals surface area (Å²) in [7, 11) is 0. The van der Waals surface area contributed by atoms with Crippen molar-refractivity contribution >= 4 is 17.3 Å². The molecule has 110 valence electrons. The zero-order valence-electron chi connectivity index (χ0n) is 12.4. The first kappa shape index (κ1) is 14.3. The van der Waals surface area contributed by atoms with Crippen molar-refractivity contribution < 1.29 is 4.74 Å². The van der Waals surface area contributed by atoms with Crippen LogP contribution in [0.4, 0.5) is 5.69 Å². The smallest absolute Gasteiger partial charge is 0.122 e. The van der Waals surface area contributed by atoms with Crippen molar-refractivity contribution in [2.45, 2.75) is 32.7 Å². The van der Waals surface area contributed by atoms with E-state index in [9.17, 15) is 0 Å². The zero-order chi connectivity index (χ0) is 14.8. The van der Waals surface area contributed by atoms with Gasteiger partial charge in [-0.15, -0.1) is 0 Å². The van der Waals surface area contributed by atoms with Crippen LogP contribution < -0.4 is 10.1 Å². The van der Waals surface area contributed by atoms with Crippen LogP contribution >= 0.6 is 11.6 Å². The standard InChI is InChI=1S/C18H20ClNO/c1-3-16(20-18-12(2)5-4-6-15(18)19)13-7-8-17-14(11-13)9-10-21-17/h4-8,11,16,20H,3,9-10H2,1-2H3. The van der Waals surface area contributed by atoms with Crippen LogP contribution in [-0.2, 0) is 6.42 Å². The van der Waals surface area contributed by atoms with Crippen molar-refractivity contribution in [2.24, 2.45) is 0 Å². The number of hydrogen-bond donors (Lipinski definition) is 1. The summed E-state index contributed by atoms with van der Waals surface area (Å²) in [5, 5.41) is 4.38. The normalized spacial score (nSPS) is 14.4. The summed E-state index contributed by atoms with van der Waals surface area (Å²) in [5.74, 6) is 1.03. The molecule has 0 amide bonds. The molecule has 21 heavy (non-hydrogen) atoms. The minimum atomic E-state index is 0.259. The fourth-order valence-electron chi connectivity index (χ4n) is 2.83. The van der Waals surface area contributed by atoms with Crippen molar-refractivity contribution in [2.75, 3.05) is 11.9 Å². The Bertz CT molecular complexity index is 633. The van der Waals surface area contributed by atoms with E-state index in [4.69, 9.17) is 16.3 Å². The molecule has 0 spiro atoms. The first-order chi connectivity index (χ1) is 10.2. The van der Waals surface area contributed by atoms with Gasteiger partial charge in [-0.1, -0.05) is 36.7 Å². The largest absolute Gasteiger partial charge is 0.493 e. The van der Waals surface area contributed by atoms with Crippen LogP contribution in [0.3, 0.4) is 0 Å². The summed E-state index contributed by atoms with van der Waals surface area (Å²) < 4.78 is 5.58. The fourth-order valence-corrected chi connectivity index (χ4v) is 3.11.